The SMILES string of the molecule is O=C(Nc1ccc(Oc2ccccc2)cc1)C(=O)C1C(=O)Nc2ccccc21. The van der Waals surface area contributed by atoms with Gasteiger partial charge in [0.1, 0.15) is 17.4 Å². The Balaban J connectivity index is 1.44. The lowest BCUT2D eigenvalue weighted by Crippen LogP contribution is -2.31. The Hall–Kier alpha value is -3.93. The molecule has 2 N–H and O–H groups in total. The zero-order valence-corrected chi connectivity index (χ0v) is 14.7. The predicted octanol–water partition coefficient (Wildman–Crippen LogP) is 3.72. The number of ketones is 1. The molecule has 2 amide bonds. The first kappa shape index (κ1) is 17.5. The van der Waals surface area contributed by atoms with Gasteiger partial charge in [-0.25, -0.2) is 0 Å². The highest BCUT2D eigenvalue weighted by Crippen LogP contribution is 2.33. The van der Waals surface area contributed by atoms with Gasteiger partial charge >= 0.3 is 0 Å². The van der Waals surface area contributed by atoms with Gasteiger partial charge < -0.3 is 15.4 Å². The molecule has 1 aliphatic rings. The Morgan fingerprint density at radius 1 is 0.821 bits per heavy atom. The molecule has 1 heterocycles. The number of amides is 2. The molecule has 0 fully saturated rings. The number of carbonyl (C=O) groups is 3. The van der Waals surface area contributed by atoms with Crippen molar-refractivity contribution in [2.75, 3.05) is 10.6 Å². The molecule has 3 aromatic carbocycles. The fraction of sp³-hybridized carbons (Fsp3) is 0.0455. The van der Waals surface area contributed by atoms with Gasteiger partial charge in [-0.15, -0.1) is 0 Å². The van der Waals surface area contributed by atoms with E-state index in [2.05, 4.69) is 10.6 Å². The molecule has 4 rings (SSSR count). The molecule has 0 aromatic heterocycles. The van der Waals surface area contributed by atoms with Crippen LogP contribution in [0.1, 0.15) is 11.5 Å². The summed E-state index contributed by atoms with van der Waals surface area (Å²) < 4.78 is 5.69. The van der Waals surface area contributed by atoms with Crippen LogP contribution in [0.3, 0.4) is 0 Å². The third kappa shape index (κ3) is 3.48. The van der Waals surface area contributed by atoms with Crippen molar-refractivity contribution in [1.29, 1.82) is 0 Å². The molecule has 3 aromatic rings. The van der Waals surface area contributed by atoms with Gasteiger partial charge in [-0.2, -0.15) is 0 Å². The lowest BCUT2D eigenvalue weighted by atomic mass is 9.95. The van der Waals surface area contributed by atoms with Gasteiger partial charge in [-0.1, -0.05) is 36.4 Å². The maximum Gasteiger partial charge on any atom is 0.292 e. The van der Waals surface area contributed by atoms with Gasteiger partial charge in [0.05, 0.1) is 0 Å². The summed E-state index contributed by atoms with van der Waals surface area (Å²) in [5.74, 6) is -1.97. The molecule has 6 nitrogen and oxygen atoms in total. The van der Waals surface area contributed by atoms with Gasteiger partial charge in [0, 0.05) is 11.4 Å². The number of fused-ring (bicyclic) bond motifs is 1. The number of carbonyl (C=O) groups excluding carboxylic acids is 3. The number of benzene rings is 3. The second kappa shape index (κ2) is 7.36. The summed E-state index contributed by atoms with van der Waals surface area (Å²) in [5, 5.41) is 5.16. The van der Waals surface area contributed by atoms with E-state index in [1.165, 1.54) is 0 Å². The highest BCUT2D eigenvalue weighted by molar-refractivity contribution is 6.47. The molecule has 28 heavy (non-hydrogen) atoms. The Bertz CT molecular complexity index is 1050. The lowest BCUT2D eigenvalue weighted by Gasteiger charge is -2.10. The van der Waals surface area contributed by atoms with Crippen molar-refractivity contribution in [2.24, 2.45) is 0 Å². The van der Waals surface area contributed by atoms with E-state index in [0.717, 1.165) is 0 Å². The minimum Gasteiger partial charge on any atom is -0.457 e. The molecule has 138 valence electrons. The van der Waals surface area contributed by atoms with Crippen LogP contribution in [0.25, 0.3) is 0 Å². The highest BCUT2D eigenvalue weighted by atomic mass is 16.5. The molecular weight excluding hydrogens is 356 g/mol. The van der Waals surface area contributed by atoms with E-state index in [-0.39, 0.29) is 0 Å². The molecule has 1 atom stereocenters. The third-order valence-electron chi connectivity index (χ3n) is 4.37. The van der Waals surface area contributed by atoms with E-state index >= 15 is 0 Å². The fourth-order valence-corrected chi connectivity index (χ4v) is 3.02. The number of para-hydroxylation sites is 2. The number of hydrogen-bond acceptors (Lipinski definition) is 4. The first-order chi connectivity index (χ1) is 13.6. The second-order valence-electron chi connectivity index (χ2n) is 6.27. The van der Waals surface area contributed by atoms with Crippen LogP contribution in [-0.2, 0) is 14.4 Å². The standard InChI is InChI=1S/C22H16N2O4/c25-20(19-17-8-4-5-9-18(17)24-21(19)26)22(27)23-14-10-12-16(13-11-14)28-15-6-2-1-3-7-15/h1-13,19H,(H,23,27)(H,24,26). The number of hydrogen-bond donors (Lipinski definition) is 2. The van der Waals surface area contributed by atoms with Crippen LogP contribution in [0.4, 0.5) is 11.4 Å². The van der Waals surface area contributed by atoms with Gasteiger partial charge in [0.2, 0.25) is 11.7 Å². The summed E-state index contributed by atoms with van der Waals surface area (Å²) in [6.07, 6.45) is 0. The van der Waals surface area contributed by atoms with E-state index < -0.39 is 23.5 Å². The fourth-order valence-electron chi connectivity index (χ4n) is 3.02. The average Bonchev–Trinajstić information content (AvgIpc) is 3.05. The normalized spacial score (nSPS) is 14.7. The summed E-state index contributed by atoms with van der Waals surface area (Å²) in [4.78, 5) is 37.0. The van der Waals surface area contributed by atoms with Crippen LogP contribution < -0.4 is 15.4 Å². The van der Waals surface area contributed by atoms with Crippen LogP contribution in [0.5, 0.6) is 11.5 Å². The summed E-state index contributed by atoms with van der Waals surface area (Å²) in [6.45, 7) is 0. The second-order valence-corrected chi connectivity index (χ2v) is 6.27. The maximum absolute atomic E-state index is 12.5. The monoisotopic (exact) mass is 372 g/mol. The molecule has 0 spiro atoms. The van der Waals surface area contributed by atoms with Crippen LogP contribution in [-0.4, -0.2) is 17.6 Å². The molecule has 6 heteroatoms. The van der Waals surface area contributed by atoms with Crippen molar-refractivity contribution in [3.05, 3.63) is 84.4 Å². The van der Waals surface area contributed by atoms with Gasteiger partial charge in [-0.3, -0.25) is 14.4 Å². The van der Waals surface area contributed by atoms with E-state index in [0.29, 0.717) is 28.4 Å². The molecule has 0 radical (unpaired) electrons. The number of Topliss-reactive ketones (excluding diaryl/α,β-unsaturated/α-hetero) is 1. The Labute approximate surface area is 161 Å². The lowest BCUT2D eigenvalue weighted by molar-refractivity contribution is -0.138. The Kier molecular flexibility index (Phi) is 4.60. The van der Waals surface area contributed by atoms with E-state index in [4.69, 9.17) is 4.74 Å². The molecule has 1 unspecified atom stereocenters. The van der Waals surface area contributed by atoms with Crippen LogP contribution in [0, 0.1) is 0 Å². The summed E-state index contributed by atoms with van der Waals surface area (Å²) in [6, 6.07) is 22.8. The van der Waals surface area contributed by atoms with E-state index in [9.17, 15) is 14.4 Å². The summed E-state index contributed by atoms with van der Waals surface area (Å²) >= 11 is 0. The summed E-state index contributed by atoms with van der Waals surface area (Å²) in [5.41, 5.74) is 1.51. The number of anilines is 2. The quantitative estimate of drug-likeness (QED) is 0.528. The van der Waals surface area contributed by atoms with Crippen molar-refractivity contribution in [3.63, 3.8) is 0 Å². The minimum absolute atomic E-state index is 0.436. The van der Waals surface area contributed by atoms with Crippen molar-refractivity contribution in [3.8, 4) is 11.5 Å². The van der Waals surface area contributed by atoms with Crippen molar-refractivity contribution < 1.29 is 19.1 Å². The third-order valence-corrected chi connectivity index (χ3v) is 4.37. The predicted molar refractivity (Wildman–Crippen MR) is 104 cm³/mol. The molecule has 0 aliphatic carbocycles. The molecule has 0 saturated carbocycles. The smallest absolute Gasteiger partial charge is 0.292 e. The Morgan fingerprint density at radius 2 is 1.46 bits per heavy atom. The Morgan fingerprint density at radius 3 is 2.21 bits per heavy atom. The highest BCUT2D eigenvalue weighted by Gasteiger charge is 2.39. The number of nitrogens with one attached hydrogen (secondary N) is 2. The first-order valence-electron chi connectivity index (χ1n) is 8.70. The zero-order valence-electron chi connectivity index (χ0n) is 14.7. The van der Waals surface area contributed by atoms with Crippen LogP contribution in [0.15, 0.2) is 78.9 Å². The number of ether oxygens (including phenoxy) is 1. The van der Waals surface area contributed by atoms with Crippen LogP contribution in [0.2, 0.25) is 0 Å². The van der Waals surface area contributed by atoms with Crippen molar-refractivity contribution >= 4 is 29.0 Å². The van der Waals surface area contributed by atoms with Crippen molar-refractivity contribution in [1.82, 2.24) is 0 Å². The first-order valence-corrected chi connectivity index (χ1v) is 8.70. The zero-order chi connectivity index (χ0) is 19.5. The summed E-state index contributed by atoms with van der Waals surface area (Å²) in [7, 11) is 0. The topological polar surface area (TPSA) is 84.5 Å². The van der Waals surface area contributed by atoms with Crippen LogP contribution >= 0.6 is 0 Å². The van der Waals surface area contributed by atoms with Gasteiger partial charge in [0.15, 0.2) is 0 Å². The molecule has 0 saturated heterocycles. The maximum atomic E-state index is 12.5. The number of rotatable bonds is 5. The van der Waals surface area contributed by atoms with Gasteiger partial charge in [0.25, 0.3) is 5.91 Å². The van der Waals surface area contributed by atoms with Crippen molar-refractivity contribution in [2.45, 2.75) is 5.92 Å². The largest absolute Gasteiger partial charge is 0.457 e. The average molecular weight is 372 g/mol. The van der Waals surface area contributed by atoms with E-state index in [1.54, 1.807) is 48.5 Å². The van der Waals surface area contributed by atoms with E-state index in [1.807, 2.05) is 30.3 Å². The molecule has 1 aliphatic heterocycles. The molecule has 0 bridgehead atoms. The minimum atomic E-state index is -1.13. The molecular formula is C22H16N2O4. The van der Waals surface area contributed by atoms with Gasteiger partial charge in [-0.05, 0) is 48.0 Å².